The van der Waals surface area contributed by atoms with Crippen LogP contribution in [0.4, 0.5) is 9.52 Å². The normalized spacial score (nSPS) is 10.5. The summed E-state index contributed by atoms with van der Waals surface area (Å²) in [5.41, 5.74) is 0.518. The Morgan fingerprint density at radius 2 is 2.00 bits per heavy atom. The summed E-state index contributed by atoms with van der Waals surface area (Å²) >= 11 is 1.20. The van der Waals surface area contributed by atoms with Crippen LogP contribution in [0.25, 0.3) is 0 Å². The van der Waals surface area contributed by atoms with Crippen LogP contribution in [0.1, 0.15) is 29.4 Å². The van der Waals surface area contributed by atoms with Crippen LogP contribution in [0.15, 0.2) is 29.6 Å². The molecular formula is C17H21FN4O2S. The highest BCUT2D eigenvalue weighted by atomic mass is 32.1. The Kier molecular flexibility index (Phi) is 7.49. The van der Waals surface area contributed by atoms with Gasteiger partial charge in [-0.1, -0.05) is 19.1 Å². The molecule has 0 spiro atoms. The van der Waals surface area contributed by atoms with Gasteiger partial charge in [0.15, 0.2) is 5.13 Å². The van der Waals surface area contributed by atoms with Crippen LogP contribution in [0.5, 0.6) is 0 Å². The summed E-state index contributed by atoms with van der Waals surface area (Å²) in [5, 5.41) is 10.6. The second kappa shape index (κ2) is 9.85. The fourth-order valence-corrected chi connectivity index (χ4v) is 2.78. The van der Waals surface area contributed by atoms with Gasteiger partial charge in [-0.2, -0.15) is 0 Å². The van der Waals surface area contributed by atoms with Gasteiger partial charge < -0.3 is 10.6 Å². The lowest BCUT2D eigenvalue weighted by Crippen LogP contribution is -2.33. The van der Waals surface area contributed by atoms with Crippen molar-refractivity contribution in [2.24, 2.45) is 0 Å². The molecule has 0 saturated carbocycles. The van der Waals surface area contributed by atoms with Crippen LogP contribution >= 0.6 is 11.3 Å². The van der Waals surface area contributed by atoms with E-state index in [2.05, 4.69) is 27.9 Å². The van der Waals surface area contributed by atoms with E-state index < -0.39 is 11.7 Å². The van der Waals surface area contributed by atoms with E-state index in [9.17, 15) is 14.0 Å². The quantitative estimate of drug-likeness (QED) is 0.596. The lowest BCUT2D eigenvalue weighted by Gasteiger charge is -2.05. The number of hydrogen-bond acceptors (Lipinski definition) is 5. The summed E-state index contributed by atoms with van der Waals surface area (Å²) in [6.45, 7) is 4.28. The Morgan fingerprint density at radius 1 is 1.20 bits per heavy atom. The molecule has 0 saturated heterocycles. The number of nitrogens with zero attached hydrogens (tertiary/aromatic N) is 1. The maximum Gasteiger partial charge on any atom is 0.260 e. The highest BCUT2D eigenvalue weighted by Crippen LogP contribution is 2.17. The summed E-state index contributed by atoms with van der Waals surface area (Å²) < 4.78 is 13.6. The van der Waals surface area contributed by atoms with E-state index in [-0.39, 0.29) is 17.9 Å². The fourth-order valence-electron chi connectivity index (χ4n) is 2.07. The summed E-state index contributed by atoms with van der Waals surface area (Å²) in [6.07, 6.45) is 1.19. The minimum absolute atomic E-state index is 0.0448. The third-order valence-electron chi connectivity index (χ3n) is 3.28. The maximum atomic E-state index is 13.6. The molecule has 3 N–H and O–H groups in total. The van der Waals surface area contributed by atoms with Crippen molar-refractivity contribution in [3.05, 3.63) is 46.7 Å². The average molecular weight is 364 g/mol. The van der Waals surface area contributed by atoms with Gasteiger partial charge in [0, 0.05) is 18.5 Å². The number of benzene rings is 1. The first-order valence-corrected chi connectivity index (χ1v) is 8.95. The number of carbonyl (C=O) groups excluding carboxylic acids is 2. The van der Waals surface area contributed by atoms with Crippen LogP contribution in [0.2, 0.25) is 0 Å². The molecule has 8 heteroatoms. The molecule has 2 rings (SSSR count). The van der Waals surface area contributed by atoms with Crippen molar-refractivity contribution >= 4 is 28.3 Å². The Hall–Kier alpha value is -2.32. The molecule has 0 fully saturated rings. The van der Waals surface area contributed by atoms with Gasteiger partial charge in [0.2, 0.25) is 5.91 Å². The molecule has 0 atom stereocenters. The Labute approximate surface area is 149 Å². The van der Waals surface area contributed by atoms with Crippen molar-refractivity contribution in [3.63, 3.8) is 0 Å². The van der Waals surface area contributed by atoms with E-state index >= 15 is 0 Å². The third kappa shape index (κ3) is 6.24. The van der Waals surface area contributed by atoms with Gasteiger partial charge in [0.05, 0.1) is 17.7 Å². The van der Waals surface area contributed by atoms with Crippen LogP contribution in [0, 0.1) is 5.82 Å². The van der Waals surface area contributed by atoms with Crippen molar-refractivity contribution in [2.75, 3.05) is 25.0 Å². The van der Waals surface area contributed by atoms with Gasteiger partial charge in [-0.3, -0.25) is 14.9 Å². The second-order valence-electron chi connectivity index (χ2n) is 5.35. The molecule has 0 aliphatic heterocycles. The number of thiazole rings is 1. The number of carbonyl (C=O) groups is 2. The molecule has 25 heavy (non-hydrogen) atoms. The Balaban J connectivity index is 1.81. The van der Waals surface area contributed by atoms with Crippen LogP contribution < -0.4 is 16.0 Å². The zero-order valence-corrected chi connectivity index (χ0v) is 14.8. The summed E-state index contributed by atoms with van der Waals surface area (Å²) in [5.74, 6) is -1.28. The van der Waals surface area contributed by atoms with Crippen molar-refractivity contribution in [1.29, 1.82) is 0 Å². The van der Waals surface area contributed by atoms with E-state index in [1.807, 2.05) is 0 Å². The first-order valence-electron chi connectivity index (χ1n) is 8.08. The average Bonchev–Trinajstić information content (AvgIpc) is 3.01. The molecular weight excluding hydrogens is 343 g/mol. The highest BCUT2D eigenvalue weighted by Gasteiger charge is 2.13. The zero-order valence-electron chi connectivity index (χ0n) is 14.0. The standard InChI is InChI=1S/C17H21FN4O2S/c1-2-7-19-8-9-20-15(23)10-12-11-25-17(21-12)22-16(24)13-5-3-4-6-14(13)18/h3-6,11,19H,2,7-10H2,1H3,(H,20,23)(H,21,22,24). The van der Waals surface area contributed by atoms with Gasteiger partial charge in [0.25, 0.3) is 5.91 Å². The lowest BCUT2D eigenvalue weighted by atomic mass is 10.2. The van der Waals surface area contributed by atoms with E-state index in [1.54, 1.807) is 11.4 Å². The minimum atomic E-state index is -0.590. The summed E-state index contributed by atoms with van der Waals surface area (Å²) in [7, 11) is 0. The Bertz CT molecular complexity index is 720. The molecule has 0 aliphatic rings. The van der Waals surface area contributed by atoms with E-state index in [0.717, 1.165) is 19.5 Å². The molecule has 0 bridgehead atoms. The Morgan fingerprint density at radius 3 is 2.76 bits per heavy atom. The molecule has 1 heterocycles. The lowest BCUT2D eigenvalue weighted by molar-refractivity contribution is -0.120. The smallest absolute Gasteiger partial charge is 0.260 e. The van der Waals surface area contributed by atoms with Crippen LogP contribution in [0.3, 0.4) is 0 Å². The van der Waals surface area contributed by atoms with Crippen LogP contribution in [-0.4, -0.2) is 36.4 Å². The van der Waals surface area contributed by atoms with Gasteiger partial charge in [-0.15, -0.1) is 11.3 Å². The molecule has 0 radical (unpaired) electrons. The van der Waals surface area contributed by atoms with Gasteiger partial charge in [0.1, 0.15) is 5.82 Å². The number of amides is 2. The summed E-state index contributed by atoms with van der Waals surface area (Å²) in [4.78, 5) is 28.0. The molecule has 2 aromatic rings. The molecule has 0 unspecified atom stereocenters. The minimum Gasteiger partial charge on any atom is -0.354 e. The largest absolute Gasteiger partial charge is 0.354 e. The van der Waals surface area contributed by atoms with Gasteiger partial charge >= 0.3 is 0 Å². The molecule has 0 aliphatic carbocycles. The van der Waals surface area contributed by atoms with Crippen molar-refractivity contribution in [2.45, 2.75) is 19.8 Å². The summed E-state index contributed by atoms with van der Waals surface area (Å²) in [6, 6.07) is 5.73. The number of anilines is 1. The van der Waals surface area contributed by atoms with Crippen molar-refractivity contribution in [3.8, 4) is 0 Å². The number of rotatable bonds is 9. The highest BCUT2D eigenvalue weighted by molar-refractivity contribution is 7.14. The van der Waals surface area contributed by atoms with E-state index in [0.29, 0.717) is 17.4 Å². The first-order chi connectivity index (χ1) is 12.1. The number of nitrogens with one attached hydrogen (secondary N) is 3. The van der Waals surface area contributed by atoms with Crippen LogP contribution in [-0.2, 0) is 11.2 Å². The fraction of sp³-hybridized carbons (Fsp3) is 0.353. The third-order valence-corrected chi connectivity index (χ3v) is 4.09. The molecule has 134 valence electrons. The predicted molar refractivity (Wildman–Crippen MR) is 96.3 cm³/mol. The predicted octanol–water partition coefficient (Wildman–Crippen LogP) is 2.19. The van der Waals surface area contributed by atoms with Crippen molar-refractivity contribution < 1.29 is 14.0 Å². The molecule has 2 amide bonds. The molecule has 6 nitrogen and oxygen atoms in total. The molecule has 1 aromatic heterocycles. The van der Waals surface area contributed by atoms with Gasteiger partial charge in [-0.25, -0.2) is 9.37 Å². The number of aromatic nitrogens is 1. The molecule has 1 aromatic carbocycles. The number of hydrogen-bond donors (Lipinski definition) is 3. The van der Waals surface area contributed by atoms with E-state index in [4.69, 9.17) is 0 Å². The van der Waals surface area contributed by atoms with Gasteiger partial charge in [-0.05, 0) is 25.1 Å². The topological polar surface area (TPSA) is 83.1 Å². The first kappa shape index (κ1) is 19.0. The van der Waals surface area contributed by atoms with Crippen molar-refractivity contribution in [1.82, 2.24) is 15.6 Å². The monoisotopic (exact) mass is 364 g/mol. The zero-order chi connectivity index (χ0) is 18.1. The maximum absolute atomic E-state index is 13.6. The number of halogens is 1. The second-order valence-corrected chi connectivity index (χ2v) is 6.21. The SMILES string of the molecule is CCCNCCNC(=O)Cc1csc(NC(=O)c2ccccc2F)n1. The van der Waals surface area contributed by atoms with E-state index in [1.165, 1.54) is 29.5 Å².